The van der Waals surface area contributed by atoms with E-state index in [9.17, 15) is 0 Å². The van der Waals surface area contributed by atoms with Crippen molar-refractivity contribution in [3.63, 3.8) is 0 Å². The summed E-state index contributed by atoms with van der Waals surface area (Å²) in [4.78, 5) is 0. The fourth-order valence-corrected chi connectivity index (χ4v) is 1.55. The summed E-state index contributed by atoms with van der Waals surface area (Å²) in [6.07, 6.45) is 21.4. The molecule has 0 aromatic heterocycles. The van der Waals surface area contributed by atoms with Crippen LogP contribution in [-0.2, 0) is 0 Å². The second-order valence-corrected chi connectivity index (χ2v) is 4.22. The van der Waals surface area contributed by atoms with Gasteiger partial charge in [0.2, 0.25) is 0 Å². The molecular formula is C16H28. The molecule has 0 spiro atoms. The van der Waals surface area contributed by atoms with E-state index in [-0.39, 0.29) is 0 Å². The topological polar surface area (TPSA) is 0 Å². The number of hydrogen-bond acceptors (Lipinski definition) is 0. The fourth-order valence-electron chi connectivity index (χ4n) is 1.55. The molecule has 0 aliphatic rings. The van der Waals surface area contributed by atoms with Crippen molar-refractivity contribution in [3.8, 4) is 0 Å². The van der Waals surface area contributed by atoms with Crippen LogP contribution >= 0.6 is 0 Å². The third-order valence-electron chi connectivity index (χ3n) is 2.57. The van der Waals surface area contributed by atoms with Crippen LogP contribution in [0.5, 0.6) is 0 Å². The predicted molar refractivity (Wildman–Crippen MR) is 75.2 cm³/mol. The summed E-state index contributed by atoms with van der Waals surface area (Å²) < 4.78 is 0. The maximum Gasteiger partial charge on any atom is -0.0351 e. The largest absolute Gasteiger partial charge is 0.0885 e. The molecule has 0 aromatic rings. The lowest BCUT2D eigenvalue weighted by molar-refractivity contribution is 0.694. The molecule has 0 saturated heterocycles. The van der Waals surface area contributed by atoms with E-state index in [1.807, 2.05) is 0 Å². The molecule has 16 heavy (non-hydrogen) atoms. The van der Waals surface area contributed by atoms with Gasteiger partial charge in [0.15, 0.2) is 0 Å². The summed E-state index contributed by atoms with van der Waals surface area (Å²) >= 11 is 0. The Morgan fingerprint density at radius 1 is 0.500 bits per heavy atom. The van der Waals surface area contributed by atoms with Crippen LogP contribution < -0.4 is 0 Å². The van der Waals surface area contributed by atoms with Gasteiger partial charge in [-0.3, -0.25) is 0 Å². The molecular weight excluding hydrogens is 192 g/mol. The smallest absolute Gasteiger partial charge is 0.0351 e. The van der Waals surface area contributed by atoms with Gasteiger partial charge >= 0.3 is 0 Å². The SMILES string of the molecule is [CH2]CCC=CCCCCCC=CCCC[CH2]. The molecule has 0 nitrogen and oxygen atoms in total. The molecule has 0 saturated carbocycles. The monoisotopic (exact) mass is 220 g/mol. The molecule has 0 bridgehead atoms. The lowest BCUT2D eigenvalue weighted by atomic mass is 10.1. The van der Waals surface area contributed by atoms with Crippen molar-refractivity contribution >= 4 is 0 Å². The molecule has 0 N–H and O–H groups in total. The first kappa shape index (κ1) is 15.5. The molecule has 0 aliphatic heterocycles. The van der Waals surface area contributed by atoms with Gasteiger partial charge in [-0.15, -0.1) is 0 Å². The van der Waals surface area contributed by atoms with Gasteiger partial charge < -0.3 is 0 Å². The van der Waals surface area contributed by atoms with Gasteiger partial charge in [-0.2, -0.15) is 0 Å². The molecule has 0 heterocycles. The van der Waals surface area contributed by atoms with Gasteiger partial charge in [0.1, 0.15) is 0 Å². The first-order valence-corrected chi connectivity index (χ1v) is 6.80. The van der Waals surface area contributed by atoms with Gasteiger partial charge in [-0.1, -0.05) is 51.0 Å². The van der Waals surface area contributed by atoms with Crippen LogP contribution in [0.4, 0.5) is 0 Å². The highest BCUT2D eigenvalue weighted by molar-refractivity contribution is 4.83. The molecule has 0 aliphatic carbocycles. The first-order valence-electron chi connectivity index (χ1n) is 6.80. The fraction of sp³-hybridized carbons (Fsp3) is 0.625. The lowest BCUT2D eigenvalue weighted by Crippen LogP contribution is -1.75. The maximum absolute atomic E-state index is 3.83. The van der Waals surface area contributed by atoms with Crippen molar-refractivity contribution in [1.82, 2.24) is 0 Å². The lowest BCUT2D eigenvalue weighted by Gasteiger charge is -1.95. The minimum Gasteiger partial charge on any atom is -0.0885 e. The van der Waals surface area contributed by atoms with E-state index < -0.39 is 0 Å². The van der Waals surface area contributed by atoms with E-state index >= 15 is 0 Å². The van der Waals surface area contributed by atoms with E-state index in [1.54, 1.807) is 0 Å². The zero-order valence-corrected chi connectivity index (χ0v) is 10.8. The highest BCUT2D eigenvalue weighted by Crippen LogP contribution is 2.05. The van der Waals surface area contributed by atoms with Crippen LogP contribution in [0, 0.1) is 13.8 Å². The van der Waals surface area contributed by atoms with Crippen LogP contribution in [0.1, 0.15) is 64.2 Å². The van der Waals surface area contributed by atoms with Crippen molar-refractivity contribution in [2.75, 3.05) is 0 Å². The van der Waals surface area contributed by atoms with E-state index in [0.717, 1.165) is 19.3 Å². The summed E-state index contributed by atoms with van der Waals surface area (Å²) in [5.41, 5.74) is 0. The van der Waals surface area contributed by atoms with Crippen LogP contribution in [0.2, 0.25) is 0 Å². The summed E-state index contributed by atoms with van der Waals surface area (Å²) in [7, 11) is 0. The first-order chi connectivity index (χ1) is 7.91. The van der Waals surface area contributed by atoms with Gasteiger partial charge in [0.25, 0.3) is 0 Å². The van der Waals surface area contributed by atoms with Gasteiger partial charge in [-0.05, 0) is 51.4 Å². The summed E-state index contributed by atoms with van der Waals surface area (Å²) in [6, 6.07) is 0. The van der Waals surface area contributed by atoms with E-state index in [0.29, 0.717) is 0 Å². The minimum absolute atomic E-state index is 1.02. The molecule has 2 radical (unpaired) electrons. The summed E-state index contributed by atoms with van der Waals surface area (Å²) in [6.45, 7) is 7.64. The third kappa shape index (κ3) is 13.5. The zero-order chi connectivity index (χ0) is 11.9. The summed E-state index contributed by atoms with van der Waals surface area (Å²) in [5, 5.41) is 0. The highest BCUT2D eigenvalue weighted by atomic mass is 13.9. The standard InChI is InChI=1S/C16H28/c1-3-5-7-9-11-13-15-16-14-12-10-8-6-4-2/h7,9-10,12H,1-6,8,11,13-16H2. The average Bonchev–Trinajstić information content (AvgIpc) is 2.31. The van der Waals surface area contributed by atoms with Crippen molar-refractivity contribution in [2.24, 2.45) is 0 Å². The average molecular weight is 220 g/mol. The minimum atomic E-state index is 1.02. The molecule has 0 fully saturated rings. The number of rotatable bonds is 11. The normalized spacial score (nSPS) is 11.9. The Bertz CT molecular complexity index is 165. The number of unbranched alkanes of at least 4 members (excludes halogenated alkanes) is 7. The second kappa shape index (κ2) is 14.5. The number of allylic oxidation sites excluding steroid dienone is 4. The quantitative estimate of drug-likeness (QED) is 0.311. The molecule has 0 heteroatoms. The predicted octanol–water partition coefficient (Wildman–Crippen LogP) is 5.67. The number of hydrogen-bond donors (Lipinski definition) is 0. The summed E-state index contributed by atoms with van der Waals surface area (Å²) in [5.74, 6) is 0. The molecule has 92 valence electrons. The van der Waals surface area contributed by atoms with Crippen molar-refractivity contribution < 1.29 is 0 Å². The van der Waals surface area contributed by atoms with Crippen molar-refractivity contribution in [3.05, 3.63) is 38.2 Å². The van der Waals surface area contributed by atoms with Crippen LogP contribution in [0.15, 0.2) is 24.3 Å². The van der Waals surface area contributed by atoms with E-state index in [2.05, 4.69) is 38.2 Å². The van der Waals surface area contributed by atoms with Gasteiger partial charge in [-0.25, -0.2) is 0 Å². The Hall–Kier alpha value is -0.520. The molecule has 0 rings (SSSR count). The van der Waals surface area contributed by atoms with Crippen LogP contribution in [-0.4, -0.2) is 0 Å². The maximum atomic E-state index is 3.83. The Morgan fingerprint density at radius 3 is 1.50 bits per heavy atom. The molecule has 0 amide bonds. The van der Waals surface area contributed by atoms with E-state index in [1.165, 1.54) is 44.9 Å². The Labute approximate surface area is 103 Å². The molecule has 0 atom stereocenters. The van der Waals surface area contributed by atoms with Crippen molar-refractivity contribution in [1.29, 1.82) is 0 Å². The Balaban J connectivity index is 3.06. The Morgan fingerprint density at radius 2 is 1.00 bits per heavy atom. The van der Waals surface area contributed by atoms with Crippen LogP contribution in [0.3, 0.4) is 0 Å². The van der Waals surface area contributed by atoms with Crippen molar-refractivity contribution in [2.45, 2.75) is 64.2 Å². The van der Waals surface area contributed by atoms with E-state index in [4.69, 9.17) is 0 Å². The molecule has 0 unspecified atom stereocenters. The third-order valence-corrected chi connectivity index (χ3v) is 2.57. The van der Waals surface area contributed by atoms with Gasteiger partial charge in [0, 0.05) is 0 Å². The van der Waals surface area contributed by atoms with Crippen LogP contribution in [0.25, 0.3) is 0 Å². The molecule has 0 aromatic carbocycles. The zero-order valence-electron chi connectivity index (χ0n) is 10.8. The second-order valence-electron chi connectivity index (χ2n) is 4.22. The Kier molecular flexibility index (Phi) is 14.0. The highest BCUT2D eigenvalue weighted by Gasteiger charge is 1.86. The van der Waals surface area contributed by atoms with Gasteiger partial charge in [0.05, 0.1) is 0 Å².